The number of rotatable bonds is 8. The third kappa shape index (κ3) is 4.74. The van der Waals surface area contributed by atoms with Gasteiger partial charge in [-0.1, -0.05) is 35.6 Å². The second-order valence-corrected chi connectivity index (χ2v) is 8.19. The molecule has 1 aliphatic rings. The van der Waals surface area contributed by atoms with Crippen molar-refractivity contribution in [1.29, 1.82) is 0 Å². The second-order valence-electron chi connectivity index (χ2n) is 7.78. The highest BCUT2D eigenvalue weighted by molar-refractivity contribution is 6.46. The summed E-state index contributed by atoms with van der Waals surface area (Å²) in [5, 5.41) is 13.7. The highest BCUT2D eigenvalue weighted by Crippen LogP contribution is 2.40. The lowest BCUT2D eigenvalue weighted by atomic mass is 9.95. The minimum Gasteiger partial charge on any atom is -0.872 e. The predicted octanol–water partition coefficient (Wildman–Crippen LogP) is 1.12. The number of carbonyl (C=O) groups excluding carboxylic acids is 2. The molecule has 8 heteroatoms. The number of halogens is 1. The summed E-state index contributed by atoms with van der Waals surface area (Å²) < 4.78 is 10.7. The zero-order valence-corrected chi connectivity index (χ0v) is 19.4. The predicted molar refractivity (Wildman–Crippen MR) is 120 cm³/mol. The van der Waals surface area contributed by atoms with Crippen molar-refractivity contribution >= 4 is 29.1 Å². The summed E-state index contributed by atoms with van der Waals surface area (Å²) in [6, 6.07) is 10.9. The van der Waals surface area contributed by atoms with Crippen LogP contribution in [0.15, 0.2) is 48.0 Å². The number of hydrogen-bond acceptors (Lipinski definition) is 5. The van der Waals surface area contributed by atoms with Crippen LogP contribution >= 0.6 is 11.6 Å². The van der Waals surface area contributed by atoms with Crippen LogP contribution in [0.5, 0.6) is 11.5 Å². The van der Waals surface area contributed by atoms with Gasteiger partial charge in [-0.3, -0.25) is 9.59 Å². The highest BCUT2D eigenvalue weighted by atomic mass is 35.5. The number of likely N-dealkylation sites (tertiary alicyclic amines) is 1. The molecule has 2 aromatic carbocycles. The number of methoxy groups -OCH3 is 1. The van der Waals surface area contributed by atoms with Crippen molar-refractivity contribution in [1.82, 2.24) is 4.90 Å². The van der Waals surface area contributed by atoms with Crippen LogP contribution in [-0.2, 0) is 9.59 Å². The quantitative estimate of drug-likeness (QED) is 0.364. The van der Waals surface area contributed by atoms with Gasteiger partial charge in [-0.25, -0.2) is 0 Å². The fraction of sp³-hybridized carbons (Fsp3) is 0.333. The standard InChI is InChI=1S/C24H27ClN2O5/c1-5-32-19-10-9-16(14-18(19)25)22(28)20-21(15-7-6-8-17(13-15)31-4)27(12-11-26(2)3)24(30)23(20)29/h6-10,13-14,21,28H,5,11-12H2,1-4H3. The van der Waals surface area contributed by atoms with Gasteiger partial charge >= 0.3 is 0 Å². The SMILES string of the molecule is CCOc1ccc(C([O-])=C2C(=O)C(=O)N(CC[NH+](C)C)C2c2cccc(OC)c2)cc1Cl. The number of carbonyl (C=O) groups is 2. The van der Waals surface area contributed by atoms with Crippen molar-refractivity contribution in [2.45, 2.75) is 13.0 Å². The monoisotopic (exact) mass is 458 g/mol. The van der Waals surface area contributed by atoms with Crippen LogP contribution in [0.4, 0.5) is 0 Å². The van der Waals surface area contributed by atoms with Gasteiger partial charge in [0.1, 0.15) is 11.5 Å². The molecule has 0 aliphatic carbocycles. The van der Waals surface area contributed by atoms with E-state index in [4.69, 9.17) is 21.1 Å². The summed E-state index contributed by atoms with van der Waals surface area (Å²) in [4.78, 5) is 28.5. The van der Waals surface area contributed by atoms with E-state index < -0.39 is 23.5 Å². The molecular formula is C24H27ClN2O5. The average Bonchev–Trinajstić information content (AvgIpc) is 3.03. The summed E-state index contributed by atoms with van der Waals surface area (Å²) >= 11 is 6.26. The molecule has 0 radical (unpaired) electrons. The Morgan fingerprint density at radius 2 is 1.94 bits per heavy atom. The average molecular weight is 459 g/mol. The van der Waals surface area contributed by atoms with E-state index in [2.05, 4.69) is 0 Å². The zero-order valence-electron chi connectivity index (χ0n) is 18.6. The second kappa shape index (κ2) is 10.1. The van der Waals surface area contributed by atoms with E-state index in [1.165, 1.54) is 18.1 Å². The van der Waals surface area contributed by atoms with E-state index in [-0.39, 0.29) is 16.2 Å². The van der Waals surface area contributed by atoms with Gasteiger partial charge < -0.3 is 24.4 Å². The van der Waals surface area contributed by atoms with Gasteiger partial charge in [0.05, 0.1) is 52.0 Å². The number of benzene rings is 2. The zero-order chi connectivity index (χ0) is 23.4. The summed E-state index contributed by atoms with van der Waals surface area (Å²) in [6.07, 6.45) is 0. The molecule has 1 N–H and O–H groups in total. The molecule has 0 spiro atoms. The fourth-order valence-electron chi connectivity index (χ4n) is 3.67. The molecule has 3 rings (SSSR count). The molecule has 170 valence electrons. The summed E-state index contributed by atoms with van der Waals surface area (Å²) in [7, 11) is 5.45. The molecule has 1 unspecified atom stereocenters. The lowest BCUT2D eigenvalue weighted by molar-refractivity contribution is -0.857. The van der Waals surface area contributed by atoms with Crippen LogP contribution in [0.1, 0.15) is 24.1 Å². The minimum atomic E-state index is -0.803. The molecule has 1 aliphatic heterocycles. The smallest absolute Gasteiger partial charge is 0.295 e. The molecule has 1 atom stereocenters. The van der Waals surface area contributed by atoms with E-state index in [0.717, 1.165) is 4.90 Å². The summed E-state index contributed by atoms with van der Waals surface area (Å²) in [6.45, 7) is 3.21. The number of ether oxygens (including phenoxy) is 2. The first-order valence-electron chi connectivity index (χ1n) is 10.4. The molecule has 2 aromatic rings. The van der Waals surface area contributed by atoms with Gasteiger partial charge in [0.2, 0.25) is 5.78 Å². The minimum absolute atomic E-state index is 0.0859. The van der Waals surface area contributed by atoms with E-state index >= 15 is 0 Å². The number of nitrogens with zero attached hydrogens (tertiary/aromatic N) is 1. The molecule has 0 saturated carbocycles. The van der Waals surface area contributed by atoms with Crippen molar-refractivity contribution in [2.24, 2.45) is 0 Å². The maximum absolute atomic E-state index is 13.5. The molecule has 0 bridgehead atoms. The number of likely N-dealkylation sites (N-methyl/N-ethyl adjacent to an activating group) is 1. The van der Waals surface area contributed by atoms with Crippen molar-refractivity contribution < 1.29 is 29.1 Å². The summed E-state index contributed by atoms with van der Waals surface area (Å²) in [5.41, 5.74) is 0.775. The summed E-state index contributed by atoms with van der Waals surface area (Å²) in [5.74, 6) is -0.977. The van der Waals surface area contributed by atoms with Gasteiger partial charge in [-0.05, 0) is 42.3 Å². The first-order chi connectivity index (χ1) is 15.3. The number of amides is 1. The van der Waals surface area contributed by atoms with Gasteiger partial charge in [-0.2, -0.15) is 0 Å². The molecule has 0 aromatic heterocycles. The van der Waals surface area contributed by atoms with Crippen molar-refractivity contribution in [3.05, 3.63) is 64.2 Å². The molecule has 1 heterocycles. The maximum atomic E-state index is 13.5. The van der Waals surface area contributed by atoms with Crippen LogP contribution in [0, 0.1) is 0 Å². The van der Waals surface area contributed by atoms with Gasteiger partial charge in [0.15, 0.2) is 0 Å². The number of quaternary nitrogens is 1. The molecular weight excluding hydrogens is 432 g/mol. The van der Waals surface area contributed by atoms with Crippen LogP contribution in [0.3, 0.4) is 0 Å². The third-order valence-corrected chi connectivity index (χ3v) is 5.58. The maximum Gasteiger partial charge on any atom is 0.295 e. The van der Waals surface area contributed by atoms with Gasteiger partial charge in [0.25, 0.3) is 5.91 Å². The van der Waals surface area contributed by atoms with Crippen molar-refractivity contribution in [2.75, 3.05) is 40.9 Å². The lowest BCUT2D eigenvalue weighted by Crippen LogP contribution is -3.06. The Bertz CT molecular complexity index is 1050. The Morgan fingerprint density at radius 3 is 2.56 bits per heavy atom. The van der Waals surface area contributed by atoms with E-state index in [1.807, 2.05) is 21.0 Å². The Hall–Kier alpha value is -3.03. The van der Waals surface area contributed by atoms with E-state index in [1.54, 1.807) is 36.4 Å². The fourth-order valence-corrected chi connectivity index (χ4v) is 3.91. The largest absolute Gasteiger partial charge is 0.872 e. The Balaban J connectivity index is 2.14. The molecule has 1 amide bonds. The molecule has 7 nitrogen and oxygen atoms in total. The van der Waals surface area contributed by atoms with Crippen molar-refractivity contribution in [3.63, 3.8) is 0 Å². The number of ketones is 1. The highest BCUT2D eigenvalue weighted by Gasteiger charge is 2.44. The topological polar surface area (TPSA) is 83.3 Å². The molecule has 1 saturated heterocycles. The number of nitrogens with one attached hydrogen (secondary N) is 1. The Kier molecular flexibility index (Phi) is 7.43. The van der Waals surface area contributed by atoms with Gasteiger partial charge in [0, 0.05) is 5.57 Å². The third-order valence-electron chi connectivity index (χ3n) is 5.29. The molecule has 32 heavy (non-hydrogen) atoms. The number of hydrogen-bond donors (Lipinski definition) is 1. The Morgan fingerprint density at radius 1 is 1.19 bits per heavy atom. The van der Waals surface area contributed by atoms with E-state index in [9.17, 15) is 14.7 Å². The first-order valence-corrected chi connectivity index (χ1v) is 10.8. The van der Waals surface area contributed by atoms with Gasteiger partial charge in [-0.15, -0.1) is 0 Å². The van der Waals surface area contributed by atoms with Crippen LogP contribution in [-0.4, -0.2) is 57.5 Å². The lowest BCUT2D eigenvalue weighted by Gasteiger charge is -2.28. The first kappa shape index (κ1) is 23.6. The normalized spacial score (nSPS) is 17.8. The van der Waals surface area contributed by atoms with Crippen molar-refractivity contribution in [3.8, 4) is 11.5 Å². The molecule has 1 fully saturated rings. The van der Waals surface area contributed by atoms with Crippen LogP contribution in [0.2, 0.25) is 5.02 Å². The number of Topliss-reactive ketones (excluding diaryl/α,β-unsaturated/α-hetero) is 1. The van der Waals surface area contributed by atoms with Crippen LogP contribution in [0.25, 0.3) is 5.76 Å². The Labute approximate surface area is 192 Å². The van der Waals surface area contributed by atoms with Crippen LogP contribution < -0.4 is 19.5 Å². The van der Waals surface area contributed by atoms with E-state index in [0.29, 0.717) is 36.8 Å².